The van der Waals surface area contributed by atoms with Crippen molar-refractivity contribution in [2.75, 3.05) is 25.1 Å². The average Bonchev–Trinajstić information content (AvgIpc) is 3.22. The minimum absolute atomic E-state index is 0.00987. The smallest absolute Gasteiger partial charge is 0.315 e. The summed E-state index contributed by atoms with van der Waals surface area (Å²) in [6.45, 7) is 10.5. The molecule has 1 aromatic carbocycles. The first-order valence-electron chi connectivity index (χ1n) is 10.7. The number of benzene rings is 1. The lowest BCUT2D eigenvalue weighted by atomic mass is 9.83. The van der Waals surface area contributed by atoms with Crippen LogP contribution in [0.15, 0.2) is 22.6 Å². The van der Waals surface area contributed by atoms with Gasteiger partial charge in [-0.25, -0.2) is 4.98 Å². The molecule has 1 aliphatic heterocycles. The molecule has 0 amide bonds. The highest BCUT2D eigenvalue weighted by atomic mass is 16.7. The largest absolute Gasteiger partial charge is 0.402 e. The predicted octanol–water partition coefficient (Wildman–Crippen LogP) is 4.55. The van der Waals surface area contributed by atoms with E-state index in [9.17, 15) is 0 Å². The van der Waals surface area contributed by atoms with Gasteiger partial charge in [0, 0.05) is 5.39 Å². The molecule has 1 saturated heterocycles. The first-order chi connectivity index (χ1) is 14.4. The van der Waals surface area contributed by atoms with Crippen LogP contribution in [0.2, 0.25) is 0 Å². The van der Waals surface area contributed by atoms with Crippen LogP contribution in [0.25, 0.3) is 22.5 Å². The van der Waals surface area contributed by atoms with Crippen LogP contribution in [-0.2, 0) is 14.9 Å². The third-order valence-electron chi connectivity index (χ3n) is 5.75. The maximum atomic E-state index is 5.82. The zero-order valence-electron chi connectivity index (χ0n) is 18.0. The molecular formula is C23H28N4O3. The first-order valence-corrected chi connectivity index (χ1v) is 10.7. The van der Waals surface area contributed by atoms with E-state index in [1.54, 1.807) is 0 Å². The highest BCUT2D eigenvalue weighted by Gasteiger charge is 2.28. The van der Waals surface area contributed by atoms with Crippen molar-refractivity contribution in [1.82, 2.24) is 15.2 Å². The Morgan fingerprint density at radius 2 is 1.83 bits per heavy atom. The van der Waals surface area contributed by atoms with E-state index in [-0.39, 0.29) is 11.7 Å². The third kappa shape index (κ3) is 3.79. The minimum Gasteiger partial charge on any atom is -0.402 e. The van der Waals surface area contributed by atoms with Crippen LogP contribution in [0, 0.1) is 6.92 Å². The average molecular weight is 409 g/mol. The fraction of sp³-hybridized carbons (Fsp3) is 0.522. The second-order valence-electron chi connectivity index (χ2n) is 9.28. The Balaban J connectivity index is 1.50. The Labute approximate surface area is 176 Å². The van der Waals surface area contributed by atoms with Gasteiger partial charge in [0.25, 0.3) is 5.89 Å². The van der Waals surface area contributed by atoms with Gasteiger partial charge >= 0.3 is 6.01 Å². The Kier molecular flexibility index (Phi) is 4.75. The topological polar surface area (TPSA) is 82.3 Å². The van der Waals surface area contributed by atoms with Crippen LogP contribution in [0.3, 0.4) is 0 Å². The molecule has 3 aromatic rings. The van der Waals surface area contributed by atoms with Crippen LogP contribution >= 0.6 is 0 Å². The number of anilines is 1. The summed E-state index contributed by atoms with van der Waals surface area (Å²) >= 11 is 0. The maximum absolute atomic E-state index is 5.82. The summed E-state index contributed by atoms with van der Waals surface area (Å²) < 4.78 is 16.7. The third-order valence-corrected chi connectivity index (χ3v) is 5.75. The van der Waals surface area contributed by atoms with Crippen molar-refractivity contribution < 1.29 is 13.9 Å². The van der Waals surface area contributed by atoms with Gasteiger partial charge in [0.1, 0.15) is 5.69 Å². The van der Waals surface area contributed by atoms with Crippen molar-refractivity contribution in [3.63, 3.8) is 0 Å². The number of hydrogen-bond donors (Lipinski definition) is 1. The molecule has 158 valence electrons. The highest BCUT2D eigenvalue weighted by molar-refractivity contribution is 5.88. The lowest BCUT2D eigenvalue weighted by Crippen LogP contribution is -2.20. The number of pyridine rings is 1. The molecule has 1 aliphatic carbocycles. The van der Waals surface area contributed by atoms with Crippen molar-refractivity contribution in [1.29, 1.82) is 0 Å². The molecule has 1 N–H and O–H groups in total. The molecule has 0 unspecified atom stereocenters. The minimum atomic E-state index is -0.281. The summed E-state index contributed by atoms with van der Waals surface area (Å²) in [6.07, 6.45) is 2.29. The fourth-order valence-electron chi connectivity index (χ4n) is 3.94. The van der Waals surface area contributed by atoms with Gasteiger partial charge in [-0.15, -0.1) is 5.10 Å². The van der Waals surface area contributed by atoms with E-state index in [4.69, 9.17) is 18.9 Å². The van der Waals surface area contributed by atoms with E-state index in [1.807, 2.05) is 6.07 Å². The number of fused-ring (bicyclic) bond motifs is 1. The van der Waals surface area contributed by atoms with Gasteiger partial charge in [-0.3, -0.25) is 0 Å². The second kappa shape index (κ2) is 7.32. The number of aryl methyl sites for hydroxylation is 1. The van der Waals surface area contributed by atoms with Crippen LogP contribution in [0.4, 0.5) is 6.01 Å². The molecule has 30 heavy (non-hydrogen) atoms. The Morgan fingerprint density at radius 3 is 2.53 bits per heavy atom. The number of aromatic nitrogens is 3. The fourth-order valence-corrected chi connectivity index (χ4v) is 3.94. The van der Waals surface area contributed by atoms with E-state index in [0.29, 0.717) is 43.3 Å². The molecule has 7 nitrogen and oxygen atoms in total. The monoisotopic (exact) mass is 408 g/mol. The van der Waals surface area contributed by atoms with Crippen LogP contribution < -0.4 is 5.32 Å². The van der Waals surface area contributed by atoms with Crippen molar-refractivity contribution in [2.24, 2.45) is 0 Å². The predicted molar refractivity (Wildman–Crippen MR) is 115 cm³/mol. The molecule has 1 saturated carbocycles. The van der Waals surface area contributed by atoms with Crippen molar-refractivity contribution in [3.8, 4) is 11.6 Å². The molecule has 0 radical (unpaired) electrons. The summed E-state index contributed by atoms with van der Waals surface area (Å²) in [7, 11) is 0. The molecular weight excluding hydrogens is 380 g/mol. The Morgan fingerprint density at radius 1 is 1.07 bits per heavy atom. The highest BCUT2D eigenvalue weighted by Crippen LogP contribution is 2.44. The van der Waals surface area contributed by atoms with Gasteiger partial charge in [0.15, 0.2) is 6.29 Å². The van der Waals surface area contributed by atoms with E-state index in [0.717, 1.165) is 5.52 Å². The van der Waals surface area contributed by atoms with Crippen LogP contribution in [-0.4, -0.2) is 41.2 Å². The molecule has 5 rings (SSSR count). The summed E-state index contributed by atoms with van der Waals surface area (Å²) in [6, 6.07) is 7.03. The van der Waals surface area contributed by atoms with Gasteiger partial charge in [0.2, 0.25) is 0 Å². The first kappa shape index (κ1) is 19.5. The van der Waals surface area contributed by atoms with Gasteiger partial charge < -0.3 is 19.2 Å². The normalized spacial score (nSPS) is 17.7. The standard InChI is InChI=1S/C23H28N4O3/c1-13-9-18(21-26-27-22(30-21)24-12-19-28-7-8-29-19)25-20-16(13)10-15(14-5-6-14)11-17(20)23(2,3)4/h9-11,14,19H,5-8,12H2,1-4H3,(H,24,27). The maximum Gasteiger partial charge on any atom is 0.315 e. The van der Waals surface area contributed by atoms with Crippen molar-refractivity contribution in [2.45, 2.75) is 58.2 Å². The lowest BCUT2D eigenvalue weighted by molar-refractivity contribution is -0.0302. The van der Waals surface area contributed by atoms with Gasteiger partial charge in [-0.2, -0.15) is 0 Å². The zero-order chi connectivity index (χ0) is 20.9. The summed E-state index contributed by atoms with van der Waals surface area (Å²) in [5.74, 6) is 1.11. The van der Waals surface area contributed by atoms with Gasteiger partial charge in [0.05, 0.1) is 25.3 Å². The van der Waals surface area contributed by atoms with E-state index in [2.05, 4.69) is 55.3 Å². The molecule has 0 spiro atoms. The quantitative estimate of drug-likeness (QED) is 0.663. The molecule has 3 heterocycles. The summed E-state index contributed by atoms with van der Waals surface area (Å²) in [5, 5.41) is 12.6. The molecule has 7 heteroatoms. The van der Waals surface area contributed by atoms with Gasteiger partial charge in [-0.05, 0) is 59.9 Å². The number of rotatable bonds is 5. The van der Waals surface area contributed by atoms with Crippen LogP contribution in [0.1, 0.15) is 56.2 Å². The van der Waals surface area contributed by atoms with E-state index in [1.165, 1.54) is 34.9 Å². The molecule has 0 atom stereocenters. The lowest BCUT2D eigenvalue weighted by Gasteiger charge is -2.23. The van der Waals surface area contributed by atoms with Gasteiger partial charge in [-0.1, -0.05) is 31.9 Å². The number of nitrogens with zero attached hydrogens (tertiary/aromatic N) is 3. The number of ether oxygens (including phenoxy) is 2. The van der Waals surface area contributed by atoms with E-state index >= 15 is 0 Å². The van der Waals surface area contributed by atoms with Crippen LogP contribution in [0.5, 0.6) is 0 Å². The number of nitrogens with one attached hydrogen (secondary N) is 1. The second-order valence-corrected chi connectivity index (χ2v) is 9.28. The Bertz CT molecular complexity index is 1080. The summed E-state index contributed by atoms with van der Waals surface area (Å²) in [5.41, 5.74) is 5.57. The molecule has 2 fully saturated rings. The number of hydrogen-bond acceptors (Lipinski definition) is 7. The molecule has 2 aliphatic rings. The SMILES string of the molecule is Cc1cc(-c2nnc(NCC3OCCO3)o2)nc2c(C(C)(C)C)cc(C3CC3)cc12. The molecule has 0 bridgehead atoms. The van der Waals surface area contributed by atoms with Crippen molar-refractivity contribution in [3.05, 3.63) is 34.9 Å². The zero-order valence-corrected chi connectivity index (χ0v) is 18.0. The Hall–Kier alpha value is -2.51. The summed E-state index contributed by atoms with van der Waals surface area (Å²) in [4.78, 5) is 4.97. The van der Waals surface area contributed by atoms with E-state index < -0.39 is 0 Å². The van der Waals surface area contributed by atoms with Crippen molar-refractivity contribution >= 4 is 16.9 Å². The molecule has 2 aromatic heterocycles.